The molecule has 0 aliphatic carbocycles. The van der Waals surface area contributed by atoms with Crippen molar-refractivity contribution in [2.45, 2.75) is 25.8 Å². The van der Waals surface area contributed by atoms with Crippen LogP contribution >= 0.6 is 0 Å². The first-order valence-electron chi connectivity index (χ1n) is 6.98. The summed E-state index contributed by atoms with van der Waals surface area (Å²) in [6, 6.07) is 7.15. The highest BCUT2D eigenvalue weighted by Gasteiger charge is 2.56. The number of rotatable bonds is 5. The minimum atomic E-state index is -1.50. The van der Waals surface area contributed by atoms with Crippen molar-refractivity contribution in [3.63, 3.8) is 0 Å². The predicted molar refractivity (Wildman–Crippen MR) is 79.3 cm³/mol. The van der Waals surface area contributed by atoms with Crippen LogP contribution in [0.2, 0.25) is 0 Å². The number of hydrogen-bond acceptors (Lipinski definition) is 5. The monoisotopic (exact) mass is 289 g/mol. The molecule has 0 aromatic heterocycles. The van der Waals surface area contributed by atoms with E-state index in [0.29, 0.717) is 18.0 Å². The van der Waals surface area contributed by atoms with Crippen molar-refractivity contribution in [1.82, 2.24) is 0 Å². The quantitative estimate of drug-likeness (QED) is 0.360. The molecule has 0 unspecified atom stereocenters. The van der Waals surface area contributed by atoms with Crippen LogP contribution in [-0.2, 0) is 14.3 Å². The first kappa shape index (κ1) is 15.1. The lowest BCUT2D eigenvalue weighted by atomic mass is 9.90. The van der Waals surface area contributed by atoms with Gasteiger partial charge < -0.3 is 14.4 Å². The molecule has 0 saturated heterocycles. The molecular formula is C16H19NO4. The molecule has 0 spiro atoms. The molecule has 1 aliphatic rings. The van der Waals surface area contributed by atoms with Crippen LogP contribution in [0.3, 0.4) is 0 Å². The summed E-state index contributed by atoms with van der Waals surface area (Å²) in [5.74, 6) is -0.777. The molecule has 1 aromatic rings. The lowest BCUT2D eigenvalue weighted by Crippen LogP contribution is -2.64. The summed E-state index contributed by atoms with van der Waals surface area (Å²) in [6.07, 6.45) is 1.67. The summed E-state index contributed by atoms with van der Waals surface area (Å²) in [5, 5.41) is 0. The molecule has 2 rings (SSSR count). The number of likely N-dealkylation sites (N-methyl/N-ethyl adjacent to an activating group) is 1. The molecule has 0 fully saturated rings. The number of ether oxygens (including phenoxy) is 2. The predicted octanol–water partition coefficient (Wildman–Crippen LogP) is 2.31. The van der Waals surface area contributed by atoms with Gasteiger partial charge in [-0.1, -0.05) is 18.2 Å². The van der Waals surface area contributed by atoms with Gasteiger partial charge in [0.05, 0.1) is 12.3 Å². The van der Waals surface area contributed by atoms with E-state index in [1.54, 1.807) is 24.0 Å². The second kappa shape index (κ2) is 5.99. The van der Waals surface area contributed by atoms with Crippen molar-refractivity contribution >= 4 is 17.6 Å². The van der Waals surface area contributed by atoms with Crippen molar-refractivity contribution in [3.05, 3.63) is 36.9 Å². The normalized spacial score (nSPS) is 20.5. The van der Waals surface area contributed by atoms with E-state index in [2.05, 4.69) is 6.58 Å². The van der Waals surface area contributed by atoms with Gasteiger partial charge in [0.15, 0.2) is 5.75 Å². The fourth-order valence-electron chi connectivity index (χ4n) is 2.64. The van der Waals surface area contributed by atoms with E-state index in [0.717, 1.165) is 0 Å². The molecule has 21 heavy (non-hydrogen) atoms. The van der Waals surface area contributed by atoms with Crippen molar-refractivity contribution < 1.29 is 19.1 Å². The number of nitrogens with zero attached hydrogens (tertiary/aromatic N) is 1. The summed E-state index contributed by atoms with van der Waals surface area (Å²) in [4.78, 5) is 26.8. The van der Waals surface area contributed by atoms with Gasteiger partial charge in [-0.15, -0.1) is 6.58 Å². The van der Waals surface area contributed by atoms with Crippen molar-refractivity contribution in [1.29, 1.82) is 0 Å². The van der Waals surface area contributed by atoms with E-state index < -0.39 is 17.5 Å². The molecule has 1 aliphatic heterocycles. The van der Waals surface area contributed by atoms with Crippen LogP contribution in [0.15, 0.2) is 36.9 Å². The zero-order valence-corrected chi connectivity index (χ0v) is 12.3. The molecular weight excluding hydrogens is 270 g/mol. The number of para-hydroxylation sites is 2. The topological polar surface area (TPSA) is 55.8 Å². The molecule has 1 heterocycles. The Morgan fingerprint density at radius 3 is 2.76 bits per heavy atom. The highest BCUT2D eigenvalue weighted by molar-refractivity contribution is 6.11. The van der Waals surface area contributed by atoms with Crippen molar-refractivity contribution in [3.8, 4) is 5.75 Å². The summed E-state index contributed by atoms with van der Waals surface area (Å²) >= 11 is 0. The number of hydrogen-bond donors (Lipinski definition) is 0. The summed E-state index contributed by atoms with van der Waals surface area (Å²) < 4.78 is 10.5. The summed E-state index contributed by atoms with van der Waals surface area (Å²) in [5.41, 5.74) is -0.796. The molecule has 0 amide bonds. The lowest BCUT2D eigenvalue weighted by molar-refractivity contribution is -0.160. The number of anilines is 1. The van der Waals surface area contributed by atoms with Gasteiger partial charge in [0.2, 0.25) is 5.54 Å². The third kappa shape index (κ3) is 2.28. The Bertz CT molecular complexity index is 569. The summed E-state index contributed by atoms with van der Waals surface area (Å²) in [7, 11) is 0. The zero-order chi connectivity index (χ0) is 15.5. The number of esters is 2. The first-order valence-corrected chi connectivity index (χ1v) is 6.98. The van der Waals surface area contributed by atoms with Gasteiger partial charge in [-0.25, -0.2) is 9.59 Å². The van der Waals surface area contributed by atoms with E-state index in [9.17, 15) is 9.59 Å². The Hall–Kier alpha value is -2.30. The Balaban J connectivity index is 2.60. The van der Waals surface area contributed by atoms with Crippen molar-refractivity contribution in [2.75, 3.05) is 18.1 Å². The smallest absolute Gasteiger partial charge is 0.349 e. The molecule has 0 bridgehead atoms. The molecule has 5 nitrogen and oxygen atoms in total. The van der Waals surface area contributed by atoms with Crippen LogP contribution in [0, 0.1) is 0 Å². The molecule has 1 aromatic carbocycles. The Morgan fingerprint density at radius 1 is 1.43 bits per heavy atom. The standard InChI is InChI=1S/C16H19NO4/c1-4-11-16(14(18)20-6-3)15(19)21-13-10-8-7-9-12(13)17(16)5-2/h4,7-10H,1,5-6,11H2,2-3H3/t16-/m1/s1. The number of benzene rings is 1. The second-order valence-electron chi connectivity index (χ2n) is 4.68. The lowest BCUT2D eigenvalue weighted by Gasteiger charge is -2.43. The maximum absolute atomic E-state index is 12.5. The highest BCUT2D eigenvalue weighted by Crippen LogP contribution is 2.40. The third-order valence-corrected chi connectivity index (χ3v) is 3.53. The maximum atomic E-state index is 12.5. The molecule has 0 saturated carbocycles. The molecule has 0 radical (unpaired) electrons. The van der Waals surface area contributed by atoms with Crippen LogP contribution in [0.5, 0.6) is 5.75 Å². The number of carbonyl (C=O) groups is 2. The summed E-state index contributed by atoms with van der Waals surface area (Å²) in [6.45, 7) is 7.92. The molecule has 0 N–H and O–H groups in total. The largest absolute Gasteiger partial charge is 0.464 e. The van der Waals surface area contributed by atoms with Gasteiger partial charge in [-0.05, 0) is 26.0 Å². The Kier molecular flexibility index (Phi) is 4.31. The zero-order valence-electron chi connectivity index (χ0n) is 12.3. The Morgan fingerprint density at radius 2 is 2.14 bits per heavy atom. The van der Waals surface area contributed by atoms with Crippen LogP contribution in [0.25, 0.3) is 0 Å². The number of carbonyl (C=O) groups excluding carboxylic acids is 2. The van der Waals surface area contributed by atoms with Crippen LogP contribution in [-0.4, -0.2) is 30.6 Å². The average Bonchev–Trinajstić information content (AvgIpc) is 2.48. The minimum absolute atomic E-state index is 0.132. The van der Waals surface area contributed by atoms with Gasteiger partial charge in [-0.2, -0.15) is 0 Å². The van der Waals surface area contributed by atoms with Crippen LogP contribution in [0.4, 0.5) is 5.69 Å². The van der Waals surface area contributed by atoms with E-state index in [1.165, 1.54) is 6.08 Å². The first-order chi connectivity index (χ1) is 10.1. The van der Waals surface area contributed by atoms with Gasteiger partial charge in [0.1, 0.15) is 0 Å². The SMILES string of the molecule is C=CC[C@@]1(C(=O)OCC)C(=O)Oc2ccccc2N1CC. The van der Waals surface area contributed by atoms with Crippen molar-refractivity contribution in [2.24, 2.45) is 0 Å². The van der Waals surface area contributed by atoms with E-state index in [1.807, 2.05) is 19.1 Å². The highest BCUT2D eigenvalue weighted by atomic mass is 16.6. The van der Waals surface area contributed by atoms with Gasteiger partial charge >= 0.3 is 11.9 Å². The van der Waals surface area contributed by atoms with E-state index >= 15 is 0 Å². The van der Waals surface area contributed by atoms with Gasteiger partial charge in [-0.3, -0.25) is 0 Å². The fraction of sp³-hybridized carbons (Fsp3) is 0.375. The molecule has 5 heteroatoms. The second-order valence-corrected chi connectivity index (χ2v) is 4.68. The number of fused-ring (bicyclic) bond motifs is 1. The third-order valence-electron chi connectivity index (χ3n) is 3.53. The molecule has 112 valence electrons. The fourth-order valence-corrected chi connectivity index (χ4v) is 2.64. The maximum Gasteiger partial charge on any atom is 0.349 e. The average molecular weight is 289 g/mol. The minimum Gasteiger partial charge on any atom is -0.464 e. The van der Waals surface area contributed by atoms with Crippen LogP contribution < -0.4 is 9.64 Å². The van der Waals surface area contributed by atoms with Gasteiger partial charge in [0, 0.05) is 13.0 Å². The Labute approximate surface area is 124 Å². The van der Waals surface area contributed by atoms with E-state index in [4.69, 9.17) is 9.47 Å². The molecule has 1 atom stereocenters. The van der Waals surface area contributed by atoms with E-state index in [-0.39, 0.29) is 13.0 Å². The van der Waals surface area contributed by atoms with Crippen LogP contribution in [0.1, 0.15) is 20.3 Å². The van der Waals surface area contributed by atoms with Gasteiger partial charge in [0.25, 0.3) is 0 Å².